The van der Waals surface area contributed by atoms with Crippen molar-refractivity contribution in [3.63, 3.8) is 0 Å². The maximum atomic E-state index is 5.94. The lowest BCUT2D eigenvalue weighted by Gasteiger charge is -2.16. The largest absolute Gasteiger partial charge is 0.374 e. The van der Waals surface area contributed by atoms with Crippen molar-refractivity contribution in [3.05, 3.63) is 17.2 Å². The molecule has 1 fully saturated rings. The second-order valence-corrected chi connectivity index (χ2v) is 6.21. The summed E-state index contributed by atoms with van der Waals surface area (Å²) < 4.78 is 5.94. The molecule has 2 heterocycles. The number of nitrogens with one attached hydrogen (secondary N) is 1. The molecule has 0 bridgehead atoms. The number of imidazole rings is 1. The monoisotopic (exact) mass is 248 g/mol. The minimum absolute atomic E-state index is 0.276. The highest BCUT2D eigenvalue weighted by molar-refractivity contribution is 5.24. The average molecular weight is 248 g/mol. The van der Waals surface area contributed by atoms with Gasteiger partial charge in [-0.25, -0.2) is 4.98 Å². The zero-order valence-electron chi connectivity index (χ0n) is 11.9. The fourth-order valence-electron chi connectivity index (χ4n) is 3.66. The molecule has 1 aliphatic carbocycles. The van der Waals surface area contributed by atoms with Gasteiger partial charge in [-0.15, -0.1) is 0 Å². The van der Waals surface area contributed by atoms with Crippen LogP contribution in [0.2, 0.25) is 0 Å². The van der Waals surface area contributed by atoms with Gasteiger partial charge in [0.25, 0.3) is 0 Å². The van der Waals surface area contributed by atoms with Gasteiger partial charge in [0, 0.05) is 17.5 Å². The Kier molecular flexibility index (Phi) is 2.97. The summed E-state index contributed by atoms with van der Waals surface area (Å²) in [6.07, 6.45) is 4.35. The SMILES string of the molecule is CC1CCCc2[nH]c(C3C(C)OC(C)C3C)nc21. The molecule has 3 nitrogen and oxygen atoms in total. The molecule has 5 unspecified atom stereocenters. The molecule has 18 heavy (non-hydrogen) atoms. The van der Waals surface area contributed by atoms with Gasteiger partial charge in [0.05, 0.1) is 17.9 Å². The van der Waals surface area contributed by atoms with Crippen molar-refractivity contribution in [2.24, 2.45) is 5.92 Å². The van der Waals surface area contributed by atoms with E-state index in [2.05, 4.69) is 32.7 Å². The molecule has 3 heteroatoms. The van der Waals surface area contributed by atoms with Crippen molar-refractivity contribution in [2.45, 2.75) is 71.0 Å². The summed E-state index contributed by atoms with van der Waals surface area (Å²) in [5, 5.41) is 0. The van der Waals surface area contributed by atoms with E-state index in [0.717, 1.165) is 5.82 Å². The van der Waals surface area contributed by atoms with Gasteiger partial charge < -0.3 is 9.72 Å². The van der Waals surface area contributed by atoms with E-state index in [1.165, 1.54) is 30.7 Å². The van der Waals surface area contributed by atoms with Gasteiger partial charge in [-0.2, -0.15) is 0 Å². The molecular weight excluding hydrogens is 224 g/mol. The highest BCUT2D eigenvalue weighted by Gasteiger charge is 2.40. The average Bonchev–Trinajstić information content (AvgIpc) is 2.83. The number of hydrogen-bond acceptors (Lipinski definition) is 2. The predicted molar refractivity (Wildman–Crippen MR) is 71.9 cm³/mol. The van der Waals surface area contributed by atoms with Crippen LogP contribution in [0.1, 0.15) is 69.6 Å². The Morgan fingerprint density at radius 3 is 2.56 bits per heavy atom. The second kappa shape index (κ2) is 4.37. The first-order valence-corrected chi connectivity index (χ1v) is 7.32. The molecule has 100 valence electrons. The fraction of sp³-hybridized carbons (Fsp3) is 0.800. The third-order valence-corrected chi connectivity index (χ3v) is 4.92. The summed E-state index contributed by atoms with van der Waals surface area (Å²) in [6.45, 7) is 8.93. The van der Waals surface area contributed by atoms with E-state index in [1.807, 2.05) is 0 Å². The van der Waals surface area contributed by atoms with E-state index in [0.29, 0.717) is 23.9 Å². The van der Waals surface area contributed by atoms with E-state index in [4.69, 9.17) is 9.72 Å². The second-order valence-electron chi connectivity index (χ2n) is 6.21. The molecule has 0 saturated carbocycles. The van der Waals surface area contributed by atoms with Crippen LogP contribution in [0.4, 0.5) is 0 Å². The van der Waals surface area contributed by atoms with E-state index < -0.39 is 0 Å². The number of rotatable bonds is 1. The lowest BCUT2D eigenvalue weighted by molar-refractivity contribution is 0.0553. The highest BCUT2D eigenvalue weighted by Crippen LogP contribution is 2.40. The Morgan fingerprint density at radius 2 is 1.94 bits per heavy atom. The fourth-order valence-corrected chi connectivity index (χ4v) is 3.66. The Bertz CT molecular complexity index is 440. The quantitative estimate of drug-likeness (QED) is 0.827. The van der Waals surface area contributed by atoms with Gasteiger partial charge in [0.1, 0.15) is 5.82 Å². The number of aromatic amines is 1. The third kappa shape index (κ3) is 1.80. The van der Waals surface area contributed by atoms with E-state index in [1.54, 1.807) is 0 Å². The van der Waals surface area contributed by atoms with Crippen LogP contribution in [0.3, 0.4) is 0 Å². The molecule has 2 aliphatic rings. The van der Waals surface area contributed by atoms with Gasteiger partial charge in [0.15, 0.2) is 0 Å². The molecule has 1 N–H and O–H groups in total. The maximum Gasteiger partial charge on any atom is 0.112 e. The smallest absolute Gasteiger partial charge is 0.112 e. The molecular formula is C15H24N2O. The summed E-state index contributed by atoms with van der Waals surface area (Å²) in [5.41, 5.74) is 2.69. The molecule has 3 rings (SSSR count). The van der Waals surface area contributed by atoms with Gasteiger partial charge in [-0.3, -0.25) is 0 Å². The van der Waals surface area contributed by atoms with E-state index in [9.17, 15) is 0 Å². The zero-order valence-corrected chi connectivity index (χ0v) is 11.9. The van der Waals surface area contributed by atoms with Crippen LogP contribution in [-0.4, -0.2) is 22.2 Å². The van der Waals surface area contributed by atoms with Crippen molar-refractivity contribution in [1.29, 1.82) is 0 Å². The van der Waals surface area contributed by atoms with Gasteiger partial charge in [-0.1, -0.05) is 13.8 Å². The molecule has 0 amide bonds. The van der Waals surface area contributed by atoms with Crippen LogP contribution in [0.5, 0.6) is 0 Å². The Hall–Kier alpha value is -0.830. The van der Waals surface area contributed by atoms with Crippen molar-refractivity contribution >= 4 is 0 Å². The normalized spacial score (nSPS) is 39.9. The maximum absolute atomic E-state index is 5.94. The zero-order chi connectivity index (χ0) is 12.9. The van der Waals surface area contributed by atoms with Crippen LogP contribution in [0, 0.1) is 5.92 Å². The number of fused-ring (bicyclic) bond motifs is 1. The van der Waals surface area contributed by atoms with Crippen LogP contribution in [-0.2, 0) is 11.2 Å². The van der Waals surface area contributed by atoms with Crippen LogP contribution < -0.4 is 0 Å². The topological polar surface area (TPSA) is 37.9 Å². The molecule has 1 aromatic heterocycles. The summed E-state index contributed by atoms with van der Waals surface area (Å²) in [4.78, 5) is 8.51. The molecule has 0 spiro atoms. The molecule has 0 radical (unpaired) electrons. The first kappa shape index (κ1) is 12.2. The molecule has 5 atom stereocenters. The molecule has 1 aromatic rings. The number of nitrogens with zero attached hydrogens (tertiary/aromatic N) is 1. The summed E-state index contributed by atoms with van der Waals surface area (Å²) in [6, 6.07) is 0. The highest BCUT2D eigenvalue weighted by atomic mass is 16.5. The van der Waals surface area contributed by atoms with Crippen molar-refractivity contribution in [3.8, 4) is 0 Å². The predicted octanol–water partition coefficient (Wildman–Crippen LogP) is 3.38. The molecule has 1 saturated heterocycles. The third-order valence-electron chi connectivity index (χ3n) is 4.92. The van der Waals surface area contributed by atoms with Gasteiger partial charge in [-0.05, 0) is 39.0 Å². The lowest BCUT2D eigenvalue weighted by atomic mass is 9.89. The summed E-state index contributed by atoms with van der Waals surface area (Å²) in [7, 11) is 0. The number of hydrogen-bond donors (Lipinski definition) is 1. The van der Waals surface area contributed by atoms with Gasteiger partial charge >= 0.3 is 0 Å². The number of ether oxygens (including phenoxy) is 1. The number of H-pyrrole nitrogens is 1. The number of aryl methyl sites for hydroxylation is 1. The Balaban J connectivity index is 1.93. The van der Waals surface area contributed by atoms with Crippen LogP contribution >= 0.6 is 0 Å². The number of aromatic nitrogens is 2. The Labute approximate surface area is 109 Å². The van der Waals surface area contributed by atoms with E-state index >= 15 is 0 Å². The Morgan fingerprint density at radius 1 is 1.17 bits per heavy atom. The van der Waals surface area contributed by atoms with E-state index in [-0.39, 0.29) is 6.10 Å². The minimum atomic E-state index is 0.276. The van der Waals surface area contributed by atoms with Gasteiger partial charge in [0.2, 0.25) is 0 Å². The van der Waals surface area contributed by atoms with Crippen LogP contribution in [0.15, 0.2) is 0 Å². The standard InChI is InChI=1S/C15H24N2O/c1-8-6-5-7-12-14(8)17-15(16-12)13-9(2)10(3)18-11(13)4/h8-11,13H,5-7H2,1-4H3,(H,16,17). The first-order valence-electron chi connectivity index (χ1n) is 7.32. The van der Waals surface area contributed by atoms with Crippen molar-refractivity contribution < 1.29 is 4.74 Å². The first-order chi connectivity index (χ1) is 8.58. The summed E-state index contributed by atoms with van der Waals surface area (Å²) in [5.74, 6) is 2.75. The van der Waals surface area contributed by atoms with Crippen molar-refractivity contribution in [1.82, 2.24) is 9.97 Å². The van der Waals surface area contributed by atoms with Crippen LogP contribution in [0.25, 0.3) is 0 Å². The lowest BCUT2D eigenvalue weighted by Crippen LogP contribution is -2.16. The summed E-state index contributed by atoms with van der Waals surface area (Å²) >= 11 is 0. The minimum Gasteiger partial charge on any atom is -0.374 e. The molecule has 1 aliphatic heterocycles. The molecule has 0 aromatic carbocycles. The van der Waals surface area contributed by atoms with Crippen molar-refractivity contribution in [2.75, 3.05) is 0 Å².